The average Bonchev–Trinajstić information content (AvgIpc) is 2.83. The molecule has 2 nitrogen and oxygen atoms in total. The van der Waals surface area contributed by atoms with Crippen LogP contribution in [0.15, 0.2) is 11.7 Å². The van der Waals surface area contributed by atoms with Crippen LogP contribution in [-0.4, -0.2) is 17.6 Å². The predicted molar refractivity (Wildman–Crippen MR) is 69.9 cm³/mol. The van der Waals surface area contributed by atoms with Crippen molar-refractivity contribution in [1.82, 2.24) is 10.3 Å². The van der Waals surface area contributed by atoms with Gasteiger partial charge in [0.15, 0.2) is 0 Å². The third-order valence-electron chi connectivity index (χ3n) is 3.59. The number of nitrogens with one attached hydrogen (secondary N) is 1. The summed E-state index contributed by atoms with van der Waals surface area (Å²) in [7, 11) is 0. The van der Waals surface area contributed by atoms with Gasteiger partial charge in [-0.3, -0.25) is 4.98 Å². The molecule has 1 aliphatic carbocycles. The van der Waals surface area contributed by atoms with Crippen LogP contribution >= 0.6 is 11.3 Å². The van der Waals surface area contributed by atoms with Gasteiger partial charge >= 0.3 is 0 Å². The zero-order valence-corrected chi connectivity index (χ0v) is 10.9. The molecule has 1 atom stereocenters. The molecule has 1 aliphatic rings. The molecule has 2 rings (SSSR count). The van der Waals surface area contributed by atoms with Crippen molar-refractivity contribution in [2.75, 3.05) is 6.54 Å². The van der Waals surface area contributed by atoms with E-state index in [1.165, 1.54) is 43.4 Å². The van der Waals surface area contributed by atoms with Crippen LogP contribution in [-0.2, 0) is 6.42 Å². The summed E-state index contributed by atoms with van der Waals surface area (Å²) < 4.78 is 0. The third-order valence-corrected chi connectivity index (χ3v) is 4.39. The molecule has 1 saturated carbocycles. The highest BCUT2D eigenvalue weighted by molar-refractivity contribution is 7.09. The van der Waals surface area contributed by atoms with E-state index in [1.54, 1.807) is 11.3 Å². The Hall–Kier alpha value is -0.410. The second kappa shape index (κ2) is 6.36. The number of likely N-dealkylation sites (N-methyl/N-ethyl adjacent to an activating group) is 1. The number of rotatable bonds is 5. The largest absolute Gasteiger partial charge is 0.314 e. The van der Waals surface area contributed by atoms with E-state index in [-0.39, 0.29) is 0 Å². The first-order valence-corrected chi connectivity index (χ1v) is 7.39. The first-order chi connectivity index (χ1) is 7.90. The van der Waals surface area contributed by atoms with Crippen LogP contribution in [0.3, 0.4) is 0 Å². The Labute approximate surface area is 102 Å². The highest BCUT2D eigenvalue weighted by Gasteiger charge is 2.23. The third kappa shape index (κ3) is 3.29. The second-order valence-electron chi connectivity index (χ2n) is 4.73. The van der Waals surface area contributed by atoms with Crippen molar-refractivity contribution >= 4 is 11.3 Å². The van der Waals surface area contributed by atoms with Gasteiger partial charge in [-0.25, -0.2) is 0 Å². The van der Waals surface area contributed by atoms with E-state index < -0.39 is 0 Å². The van der Waals surface area contributed by atoms with Crippen molar-refractivity contribution < 1.29 is 0 Å². The Morgan fingerprint density at radius 3 is 2.88 bits per heavy atom. The normalized spacial score (nSPS) is 19.8. The average molecular weight is 238 g/mol. The van der Waals surface area contributed by atoms with Crippen LogP contribution in [0, 0.1) is 5.92 Å². The lowest BCUT2D eigenvalue weighted by atomic mass is 9.82. The van der Waals surface area contributed by atoms with E-state index in [1.807, 2.05) is 11.7 Å². The van der Waals surface area contributed by atoms with Gasteiger partial charge in [-0.2, -0.15) is 0 Å². The lowest BCUT2D eigenvalue weighted by Crippen LogP contribution is -2.38. The highest BCUT2D eigenvalue weighted by atomic mass is 32.1. The maximum Gasteiger partial charge on any atom is 0.0794 e. The monoisotopic (exact) mass is 238 g/mol. The van der Waals surface area contributed by atoms with E-state index in [0.29, 0.717) is 6.04 Å². The first kappa shape index (κ1) is 12.1. The van der Waals surface area contributed by atoms with Gasteiger partial charge in [-0.15, -0.1) is 11.3 Å². The molecule has 1 N–H and O–H groups in total. The minimum atomic E-state index is 0.672. The summed E-state index contributed by atoms with van der Waals surface area (Å²) in [4.78, 5) is 5.60. The van der Waals surface area contributed by atoms with Crippen LogP contribution in [0.1, 0.15) is 43.9 Å². The molecule has 0 saturated heterocycles. The van der Waals surface area contributed by atoms with Gasteiger partial charge in [0.2, 0.25) is 0 Å². The topological polar surface area (TPSA) is 24.9 Å². The zero-order valence-electron chi connectivity index (χ0n) is 10.1. The predicted octanol–water partition coefficient (Wildman–Crippen LogP) is 3.24. The second-order valence-corrected chi connectivity index (χ2v) is 5.71. The molecule has 0 bridgehead atoms. The van der Waals surface area contributed by atoms with Crippen molar-refractivity contribution in [3.8, 4) is 0 Å². The summed E-state index contributed by atoms with van der Waals surface area (Å²) in [6.45, 7) is 3.29. The van der Waals surface area contributed by atoms with Crippen LogP contribution in [0.4, 0.5) is 0 Å². The van der Waals surface area contributed by atoms with Crippen molar-refractivity contribution in [2.24, 2.45) is 5.92 Å². The SMILES string of the molecule is CCNC(Cc1cncs1)C1CCCCC1. The van der Waals surface area contributed by atoms with Crippen molar-refractivity contribution in [1.29, 1.82) is 0 Å². The molecular formula is C13H22N2S. The lowest BCUT2D eigenvalue weighted by molar-refractivity contribution is 0.270. The molecule has 1 aromatic heterocycles. The molecule has 1 heterocycles. The van der Waals surface area contributed by atoms with E-state index >= 15 is 0 Å². The molecule has 1 aromatic rings. The smallest absolute Gasteiger partial charge is 0.0794 e. The minimum Gasteiger partial charge on any atom is -0.314 e. The van der Waals surface area contributed by atoms with Crippen LogP contribution < -0.4 is 5.32 Å². The van der Waals surface area contributed by atoms with Gasteiger partial charge in [-0.05, 0) is 31.7 Å². The molecule has 16 heavy (non-hydrogen) atoms. The summed E-state index contributed by atoms with van der Waals surface area (Å²) in [6, 6.07) is 0.672. The van der Waals surface area contributed by atoms with Gasteiger partial charge in [0.25, 0.3) is 0 Å². The number of hydrogen-bond acceptors (Lipinski definition) is 3. The minimum absolute atomic E-state index is 0.672. The molecule has 1 fully saturated rings. The van der Waals surface area contributed by atoms with E-state index in [0.717, 1.165) is 12.5 Å². The summed E-state index contributed by atoms with van der Waals surface area (Å²) in [5.74, 6) is 0.885. The van der Waals surface area contributed by atoms with Gasteiger partial charge in [0.05, 0.1) is 5.51 Å². The van der Waals surface area contributed by atoms with Gasteiger partial charge < -0.3 is 5.32 Å². The first-order valence-electron chi connectivity index (χ1n) is 6.51. The number of thiazole rings is 1. The van der Waals surface area contributed by atoms with Crippen LogP contribution in [0.5, 0.6) is 0 Å². The molecular weight excluding hydrogens is 216 g/mol. The van der Waals surface area contributed by atoms with E-state index in [9.17, 15) is 0 Å². The Morgan fingerprint density at radius 2 is 2.25 bits per heavy atom. The maximum atomic E-state index is 4.17. The Balaban J connectivity index is 1.92. The van der Waals surface area contributed by atoms with Gasteiger partial charge in [0, 0.05) is 17.1 Å². The van der Waals surface area contributed by atoms with Crippen LogP contribution in [0.2, 0.25) is 0 Å². The fraction of sp³-hybridized carbons (Fsp3) is 0.769. The Bertz CT molecular complexity index is 278. The van der Waals surface area contributed by atoms with E-state index in [4.69, 9.17) is 0 Å². The fourth-order valence-corrected chi connectivity index (χ4v) is 3.42. The number of nitrogens with zero attached hydrogens (tertiary/aromatic N) is 1. The molecule has 0 spiro atoms. The quantitative estimate of drug-likeness (QED) is 0.852. The van der Waals surface area contributed by atoms with Crippen molar-refractivity contribution in [3.05, 3.63) is 16.6 Å². The van der Waals surface area contributed by atoms with Crippen LogP contribution in [0.25, 0.3) is 0 Å². The molecule has 0 amide bonds. The molecule has 0 aromatic carbocycles. The van der Waals surface area contributed by atoms with Crippen molar-refractivity contribution in [2.45, 2.75) is 51.5 Å². The standard InChI is InChI=1S/C13H22N2S/c1-2-15-13(8-12-9-14-10-16-12)11-6-4-3-5-7-11/h9-11,13,15H,2-8H2,1H3. The summed E-state index contributed by atoms with van der Waals surface area (Å²) >= 11 is 1.79. The highest BCUT2D eigenvalue weighted by Crippen LogP contribution is 2.28. The van der Waals surface area contributed by atoms with Gasteiger partial charge in [-0.1, -0.05) is 26.2 Å². The number of aromatic nitrogens is 1. The summed E-state index contributed by atoms with van der Waals surface area (Å²) in [5.41, 5.74) is 1.94. The van der Waals surface area contributed by atoms with Crippen molar-refractivity contribution in [3.63, 3.8) is 0 Å². The zero-order chi connectivity index (χ0) is 11.2. The maximum absolute atomic E-state index is 4.17. The van der Waals surface area contributed by atoms with E-state index in [2.05, 4.69) is 17.2 Å². The summed E-state index contributed by atoms with van der Waals surface area (Å²) in [6.07, 6.45) is 10.3. The Kier molecular flexibility index (Phi) is 4.79. The lowest BCUT2D eigenvalue weighted by Gasteiger charge is -2.30. The Morgan fingerprint density at radius 1 is 1.44 bits per heavy atom. The molecule has 3 heteroatoms. The molecule has 0 radical (unpaired) electrons. The van der Waals surface area contributed by atoms with Gasteiger partial charge in [0.1, 0.15) is 0 Å². The molecule has 90 valence electrons. The fourth-order valence-electron chi connectivity index (χ4n) is 2.76. The molecule has 0 aliphatic heterocycles. The summed E-state index contributed by atoms with van der Waals surface area (Å²) in [5, 5.41) is 3.67. The number of hydrogen-bond donors (Lipinski definition) is 1. The molecule has 1 unspecified atom stereocenters.